The fourth-order valence-electron chi connectivity index (χ4n) is 0.542. The van der Waals surface area contributed by atoms with Gasteiger partial charge in [-0.15, -0.1) is 0 Å². The molecule has 0 spiro atoms. The molecule has 56 valence electrons. The molecule has 1 atom stereocenters. The first kappa shape index (κ1) is 10.0. The molecule has 0 bridgehead atoms. The van der Waals surface area contributed by atoms with Crippen molar-refractivity contribution in [2.75, 3.05) is 0 Å². The predicted octanol–water partition coefficient (Wildman–Crippen LogP) is 3.02. The maximum Gasteiger partial charge on any atom is 0.150 e. The van der Waals surface area contributed by atoms with Gasteiger partial charge in [0.2, 0.25) is 0 Å². The van der Waals surface area contributed by atoms with Crippen LogP contribution in [0.25, 0.3) is 0 Å². The lowest BCUT2D eigenvalue weighted by molar-refractivity contribution is 1.36. The summed E-state index contributed by atoms with van der Waals surface area (Å²) in [7, 11) is -2.15. The minimum absolute atomic E-state index is 0.848. The van der Waals surface area contributed by atoms with Crippen LogP contribution in [0.1, 0.15) is 0 Å². The molecule has 0 heterocycles. The van der Waals surface area contributed by atoms with E-state index in [-0.39, 0.29) is 0 Å². The second kappa shape index (κ2) is 4.01. The van der Waals surface area contributed by atoms with Gasteiger partial charge < -0.3 is 0 Å². The van der Waals surface area contributed by atoms with E-state index in [1.54, 1.807) is 0 Å². The van der Waals surface area contributed by atoms with Crippen molar-refractivity contribution in [3.05, 3.63) is 0 Å². The van der Waals surface area contributed by atoms with Crippen molar-refractivity contribution >= 4 is 37.6 Å². The standard InChI is InChI=1S/C5H14Cl2Si2/c1-8(6)4-5-9(2,3)7/h8H,4-5H2,1-3H3. The molecule has 0 fully saturated rings. The zero-order valence-electron chi connectivity index (χ0n) is 6.25. The van der Waals surface area contributed by atoms with Gasteiger partial charge in [0.05, 0.1) is 0 Å². The highest BCUT2D eigenvalue weighted by Gasteiger charge is 2.17. The molecule has 0 aliphatic carbocycles. The van der Waals surface area contributed by atoms with Crippen molar-refractivity contribution < 1.29 is 0 Å². The third-order valence-electron chi connectivity index (χ3n) is 1.14. The van der Waals surface area contributed by atoms with Gasteiger partial charge in [0.15, 0.2) is 0 Å². The Kier molecular flexibility index (Phi) is 4.46. The first-order chi connectivity index (χ1) is 3.92. The Hall–Kier alpha value is 1.01. The zero-order chi connectivity index (χ0) is 7.49. The third-order valence-corrected chi connectivity index (χ3v) is 5.50. The summed E-state index contributed by atoms with van der Waals surface area (Å²) in [5.74, 6) is 0. The molecule has 0 saturated carbocycles. The van der Waals surface area contributed by atoms with Crippen LogP contribution in [0.3, 0.4) is 0 Å². The Labute approximate surface area is 69.6 Å². The lowest BCUT2D eigenvalue weighted by Crippen LogP contribution is -2.17. The highest BCUT2D eigenvalue weighted by Crippen LogP contribution is 2.18. The van der Waals surface area contributed by atoms with Gasteiger partial charge >= 0.3 is 0 Å². The molecule has 0 amide bonds. The maximum atomic E-state index is 6.08. The summed E-state index contributed by atoms with van der Waals surface area (Å²) in [6.45, 7) is 6.49. The van der Waals surface area contributed by atoms with E-state index < -0.39 is 15.5 Å². The normalized spacial score (nSPS) is 15.7. The van der Waals surface area contributed by atoms with Crippen LogP contribution in [0.15, 0.2) is 0 Å². The van der Waals surface area contributed by atoms with Crippen LogP contribution < -0.4 is 0 Å². The molecule has 0 aliphatic heterocycles. The lowest BCUT2D eigenvalue weighted by atomic mass is 10.9. The number of halogens is 2. The predicted molar refractivity (Wildman–Crippen MR) is 51.8 cm³/mol. The molecule has 0 rings (SSSR count). The molecule has 0 aromatic rings. The summed E-state index contributed by atoms with van der Waals surface area (Å²) < 4.78 is 0. The van der Waals surface area contributed by atoms with E-state index in [0.29, 0.717) is 0 Å². The van der Waals surface area contributed by atoms with Crippen LogP contribution in [0, 0.1) is 0 Å². The van der Waals surface area contributed by atoms with E-state index in [0.717, 1.165) is 0 Å². The highest BCUT2D eigenvalue weighted by molar-refractivity contribution is 7.19. The fourth-order valence-corrected chi connectivity index (χ4v) is 6.84. The van der Waals surface area contributed by atoms with Crippen molar-refractivity contribution in [2.24, 2.45) is 0 Å². The summed E-state index contributed by atoms with van der Waals surface area (Å²) in [5, 5.41) is 0. The van der Waals surface area contributed by atoms with Crippen LogP contribution >= 0.6 is 22.2 Å². The van der Waals surface area contributed by atoms with Crippen LogP contribution in [0.4, 0.5) is 0 Å². The first-order valence-electron chi connectivity index (χ1n) is 3.25. The molecule has 9 heavy (non-hydrogen) atoms. The second-order valence-corrected chi connectivity index (χ2v) is 14.4. The van der Waals surface area contributed by atoms with E-state index in [4.69, 9.17) is 22.2 Å². The average Bonchev–Trinajstić information content (AvgIpc) is 1.59. The molecule has 0 aliphatic rings. The molecule has 0 N–H and O–H groups in total. The minimum Gasteiger partial charge on any atom is -0.172 e. The van der Waals surface area contributed by atoms with E-state index in [1.165, 1.54) is 12.1 Å². The van der Waals surface area contributed by atoms with Crippen LogP contribution in [-0.2, 0) is 0 Å². The van der Waals surface area contributed by atoms with Gasteiger partial charge in [0, 0.05) is 0 Å². The molecular weight excluding hydrogens is 187 g/mol. The average molecular weight is 201 g/mol. The summed E-state index contributed by atoms with van der Waals surface area (Å²) in [4.78, 5) is 0. The molecule has 0 nitrogen and oxygen atoms in total. The van der Waals surface area contributed by atoms with Crippen molar-refractivity contribution in [2.45, 2.75) is 31.7 Å². The van der Waals surface area contributed by atoms with Gasteiger partial charge in [-0.2, -0.15) is 22.2 Å². The Morgan fingerprint density at radius 1 is 1.44 bits per heavy atom. The fraction of sp³-hybridized carbons (Fsp3) is 1.00. The minimum atomic E-state index is -1.30. The molecule has 0 radical (unpaired) electrons. The number of hydrogen-bond donors (Lipinski definition) is 0. The Bertz CT molecular complexity index is 77.5. The molecular formula is C5H14Cl2Si2. The zero-order valence-corrected chi connectivity index (χ0v) is 9.91. The third kappa shape index (κ3) is 9.01. The Balaban J connectivity index is 3.28. The molecule has 0 saturated heterocycles. The summed E-state index contributed by atoms with van der Waals surface area (Å²) in [5.41, 5.74) is 0. The van der Waals surface area contributed by atoms with Crippen molar-refractivity contribution in [1.29, 1.82) is 0 Å². The summed E-state index contributed by atoms with van der Waals surface area (Å²) in [6.07, 6.45) is 0. The van der Waals surface area contributed by atoms with Gasteiger partial charge in [-0.05, 0) is 12.1 Å². The maximum absolute atomic E-state index is 6.08. The first-order valence-corrected chi connectivity index (χ1v) is 11.2. The van der Waals surface area contributed by atoms with E-state index >= 15 is 0 Å². The quantitative estimate of drug-likeness (QED) is 0.486. The van der Waals surface area contributed by atoms with Crippen molar-refractivity contribution in [3.8, 4) is 0 Å². The van der Waals surface area contributed by atoms with Gasteiger partial charge in [0.25, 0.3) is 0 Å². The SMILES string of the molecule is C[SiH](Cl)CC[Si](C)(C)Cl. The van der Waals surface area contributed by atoms with E-state index in [2.05, 4.69) is 19.6 Å². The second-order valence-electron chi connectivity index (χ2n) is 3.04. The monoisotopic (exact) mass is 200 g/mol. The molecule has 4 heteroatoms. The van der Waals surface area contributed by atoms with E-state index in [9.17, 15) is 0 Å². The van der Waals surface area contributed by atoms with Gasteiger partial charge in [0.1, 0.15) is 15.5 Å². The number of rotatable bonds is 3. The van der Waals surface area contributed by atoms with Gasteiger partial charge in [-0.3, -0.25) is 0 Å². The van der Waals surface area contributed by atoms with Crippen LogP contribution in [-0.4, -0.2) is 15.5 Å². The molecule has 0 aromatic carbocycles. The van der Waals surface area contributed by atoms with Crippen LogP contribution in [0.2, 0.25) is 31.7 Å². The van der Waals surface area contributed by atoms with E-state index in [1.807, 2.05) is 0 Å². The van der Waals surface area contributed by atoms with Gasteiger partial charge in [-0.25, -0.2) is 0 Å². The smallest absolute Gasteiger partial charge is 0.150 e. The summed E-state index contributed by atoms with van der Waals surface area (Å²) in [6, 6.07) is 2.38. The van der Waals surface area contributed by atoms with Crippen molar-refractivity contribution in [1.82, 2.24) is 0 Å². The summed E-state index contributed by atoms with van der Waals surface area (Å²) >= 11 is 12.0. The van der Waals surface area contributed by atoms with Crippen LogP contribution in [0.5, 0.6) is 0 Å². The highest BCUT2D eigenvalue weighted by atomic mass is 35.6. The topological polar surface area (TPSA) is 0 Å². The largest absolute Gasteiger partial charge is 0.172 e. The van der Waals surface area contributed by atoms with Gasteiger partial charge in [-0.1, -0.05) is 19.6 Å². The Morgan fingerprint density at radius 2 is 1.89 bits per heavy atom. The molecule has 0 aromatic heterocycles. The van der Waals surface area contributed by atoms with Crippen molar-refractivity contribution in [3.63, 3.8) is 0 Å². The Morgan fingerprint density at radius 3 is 2.00 bits per heavy atom. The number of hydrogen-bond acceptors (Lipinski definition) is 0. The lowest BCUT2D eigenvalue weighted by Gasteiger charge is -2.11. The molecule has 1 unspecified atom stereocenters.